The van der Waals surface area contributed by atoms with Crippen molar-refractivity contribution in [3.05, 3.63) is 28.8 Å². The van der Waals surface area contributed by atoms with Crippen LogP contribution in [0.25, 0.3) is 0 Å². The number of nitrogens with two attached hydrogens (primary N) is 1. The van der Waals surface area contributed by atoms with Crippen molar-refractivity contribution in [2.75, 3.05) is 18.0 Å². The highest BCUT2D eigenvalue weighted by molar-refractivity contribution is 6.31. The van der Waals surface area contributed by atoms with Crippen LogP contribution >= 0.6 is 11.6 Å². The molecular formula is C14H21ClN2. The predicted octanol–water partition coefficient (Wildman–Crippen LogP) is 3.08. The van der Waals surface area contributed by atoms with E-state index < -0.39 is 0 Å². The number of anilines is 1. The van der Waals surface area contributed by atoms with Crippen molar-refractivity contribution in [2.45, 2.75) is 32.7 Å². The van der Waals surface area contributed by atoms with Crippen molar-refractivity contribution in [3.63, 3.8) is 0 Å². The zero-order chi connectivity index (χ0) is 12.4. The van der Waals surface area contributed by atoms with E-state index in [-0.39, 0.29) is 6.04 Å². The van der Waals surface area contributed by atoms with Gasteiger partial charge < -0.3 is 10.6 Å². The van der Waals surface area contributed by atoms with Gasteiger partial charge in [-0.3, -0.25) is 0 Å². The normalized spacial score (nSPS) is 21.9. The maximum atomic E-state index is 6.31. The van der Waals surface area contributed by atoms with Gasteiger partial charge in [-0.2, -0.15) is 0 Å². The van der Waals surface area contributed by atoms with Gasteiger partial charge in [0.2, 0.25) is 0 Å². The Kier molecular flexibility index (Phi) is 3.95. The standard InChI is InChI=1S/C14H21ClN2/c1-10-6-7-17(9-10)14-5-3-4-13(15)12(14)8-11(2)16/h3-5,10-11H,6-9,16H2,1-2H3. The Morgan fingerprint density at radius 3 is 2.88 bits per heavy atom. The van der Waals surface area contributed by atoms with Gasteiger partial charge in [-0.15, -0.1) is 0 Å². The molecule has 0 bridgehead atoms. The Balaban J connectivity index is 2.29. The van der Waals surface area contributed by atoms with Crippen molar-refractivity contribution in [2.24, 2.45) is 11.7 Å². The van der Waals surface area contributed by atoms with E-state index in [1.807, 2.05) is 19.1 Å². The molecule has 1 aliphatic heterocycles. The molecule has 0 amide bonds. The van der Waals surface area contributed by atoms with Gasteiger partial charge in [0, 0.05) is 29.8 Å². The van der Waals surface area contributed by atoms with Crippen molar-refractivity contribution in [3.8, 4) is 0 Å². The Labute approximate surface area is 109 Å². The van der Waals surface area contributed by atoms with Gasteiger partial charge in [0.15, 0.2) is 0 Å². The minimum atomic E-state index is 0.147. The number of hydrogen-bond donors (Lipinski definition) is 1. The van der Waals surface area contributed by atoms with Gasteiger partial charge >= 0.3 is 0 Å². The number of hydrogen-bond acceptors (Lipinski definition) is 2. The van der Waals surface area contributed by atoms with Gasteiger partial charge in [0.05, 0.1) is 0 Å². The summed E-state index contributed by atoms with van der Waals surface area (Å²) in [4.78, 5) is 2.44. The average Bonchev–Trinajstić information content (AvgIpc) is 2.67. The van der Waals surface area contributed by atoms with E-state index in [9.17, 15) is 0 Å². The van der Waals surface area contributed by atoms with E-state index in [4.69, 9.17) is 17.3 Å². The van der Waals surface area contributed by atoms with Crippen LogP contribution in [0, 0.1) is 5.92 Å². The maximum absolute atomic E-state index is 6.31. The monoisotopic (exact) mass is 252 g/mol. The molecule has 1 saturated heterocycles. The highest BCUT2D eigenvalue weighted by Crippen LogP contribution is 2.32. The summed E-state index contributed by atoms with van der Waals surface area (Å²) in [6, 6.07) is 6.31. The topological polar surface area (TPSA) is 29.3 Å². The fourth-order valence-electron chi connectivity index (χ4n) is 2.52. The number of nitrogens with zero attached hydrogens (tertiary/aromatic N) is 1. The summed E-state index contributed by atoms with van der Waals surface area (Å²) in [7, 11) is 0. The Hall–Kier alpha value is -0.730. The van der Waals surface area contributed by atoms with Crippen molar-refractivity contribution in [1.82, 2.24) is 0 Å². The average molecular weight is 253 g/mol. The van der Waals surface area contributed by atoms with Crippen LogP contribution in [-0.2, 0) is 6.42 Å². The van der Waals surface area contributed by atoms with E-state index in [1.54, 1.807) is 0 Å². The lowest BCUT2D eigenvalue weighted by Crippen LogP contribution is -2.24. The van der Waals surface area contributed by atoms with Crippen LogP contribution in [-0.4, -0.2) is 19.1 Å². The zero-order valence-electron chi connectivity index (χ0n) is 10.6. The van der Waals surface area contributed by atoms with Crippen LogP contribution in [0.2, 0.25) is 5.02 Å². The minimum Gasteiger partial charge on any atom is -0.371 e. The van der Waals surface area contributed by atoms with Gasteiger partial charge in [-0.05, 0) is 43.4 Å². The molecule has 1 aromatic carbocycles. The summed E-state index contributed by atoms with van der Waals surface area (Å²) in [5.74, 6) is 0.775. The second-order valence-electron chi connectivity index (χ2n) is 5.26. The first kappa shape index (κ1) is 12.7. The summed E-state index contributed by atoms with van der Waals surface area (Å²) in [6.07, 6.45) is 2.12. The molecule has 0 aromatic heterocycles. The van der Waals surface area contributed by atoms with E-state index >= 15 is 0 Å². The van der Waals surface area contributed by atoms with Gasteiger partial charge in [0.25, 0.3) is 0 Å². The molecule has 2 atom stereocenters. The van der Waals surface area contributed by atoms with Crippen LogP contribution in [0.4, 0.5) is 5.69 Å². The lowest BCUT2D eigenvalue weighted by molar-refractivity contribution is 0.659. The Morgan fingerprint density at radius 1 is 1.53 bits per heavy atom. The molecule has 3 heteroatoms. The molecule has 1 fully saturated rings. The summed E-state index contributed by atoms with van der Waals surface area (Å²) >= 11 is 6.31. The SMILES string of the molecule is CC(N)Cc1c(Cl)cccc1N1CCC(C)C1. The van der Waals surface area contributed by atoms with Crippen molar-refractivity contribution in [1.29, 1.82) is 0 Å². The molecule has 0 spiro atoms. The van der Waals surface area contributed by atoms with Gasteiger partial charge in [-0.1, -0.05) is 24.6 Å². The number of benzene rings is 1. The molecule has 94 valence electrons. The van der Waals surface area contributed by atoms with Gasteiger partial charge in [0.1, 0.15) is 0 Å². The first-order chi connectivity index (χ1) is 8.08. The third kappa shape index (κ3) is 2.93. The number of halogens is 1. The molecule has 2 rings (SSSR count). The van der Waals surface area contributed by atoms with Crippen molar-refractivity contribution >= 4 is 17.3 Å². The van der Waals surface area contributed by atoms with Gasteiger partial charge in [-0.25, -0.2) is 0 Å². The molecule has 1 aromatic rings. The summed E-state index contributed by atoms with van der Waals surface area (Å²) in [5.41, 5.74) is 8.39. The van der Waals surface area contributed by atoms with Crippen molar-refractivity contribution < 1.29 is 0 Å². The van der Waals surface area contributed by atoms with Crippen LogP contribution in [0.3, 0.4) is 0 Å². The van der Waals surface area contributed by atoms with Crippen LogP contribution < -0.4 is 10.6 Å². The van der Waals surface area contributed by atoms with E-state index in [1.165, 1.54) is 17.7 Å². The molecule has 0 saturated carbocycles. The second-order valence-corrected chi connectivity index (χ2v) is 5.67. The lowest BCUT2D eigenvalue weighted by Gasteiger charge is -2.23. The van der Waals surface area contributed by atoms with E-state index in [2.05, 4.69) is 17.9 Å². The molecule has 2 unspecified atom stereocenters. The van der Waals surface area contributed by atoms with E-state index in [0.29, 0.717) is 0 Å². The molecule has 1 heterocycles. The third-order valence-corrected chi connectivity index (χ3v) is 3.74. The zero-order valence-corrected chi connectivity index (χ0v) is 11.4. The van der Waals surface area contributed by atoms with Crippen LogP contribution in [0.1, 0.15) is 25.8 Å². The first-order valence-corrected chi connectivity index (χ1v) is 6.73. The lowest BCUT2D eigenvalue weighted by atomic mass is 10.0. The maximum Gasteiger partial charge on any atom is 0.0459 e. The quantitative estimate of drug-likeness (QED) is 0.896. The summed E-state index contributed by atoms with van der Waals surface area (Å²) in [6.45, 7) is 6.59. The molecule has 2 N–H and O–H groups in total. The third-order valence-electron chi connectivity index (χ3n) is 3.38. The van der Waals surface area contributed by atoms with Crippen LogP contribution in [0.5, 0.6) is 0 Å². The molecule has 2 nitrogen and oxygen atoms in total. The molecule has 0 radical (unpaired) electrons. The summed E-state index contributed by atoms with van der Waals surface area (Å²) in [5, 5.41) is 0.847. The fourth-order valence-corrected chi connectivity index (χ4v) is 2.77. The largest absolute Gasteiger partial charge is 0.371 e. The highest BCUT2D eigenvalue weighted by atomic mass is 35.5. The Bertz CT molecular complexity index is 390. The molecule has 0 aliphatic carbocycles. The molecular weight excluding hydrogens is 232 g/mol. The number of rotatable bonds is 3. The first-order valence-electron chi connectivity index (χ1n) is 6.36. The van der Waals surface area contributed by atoms with E-state index in [0.717, 1.165) is 30.5 Å². The van der Waals surface area contributed by atoms with Crippen LogP contribution in [0.15, 0.2) is 18.2 Å². The second kappa shape index (κ2) is 5.28. The predicted molar refractivity (Wildman–Crippen MR) is 74.8 cm³/mol. The highest BCUT2D eigenvalue weighted by Gasteiger charge is 2.22. The smallest absolute Gasteiger partial charge is 0.0459 e. The minimum absolute atomic E-state index is 0.147. The molecule has 17 heavy (non-hydrogen) atoms. The fraction of sp³-hybridized carbons (Fsp3) is 0.571. The Morgan fingerprint density at radius 2 is 2.29 bits per heavy atom. The summed E-state index contributed by atoms with van der Waals surface area (Å²) < 4.78 is 0. The molecule has 1 aliphatic rings.